The van der Waals surface area contributed by atoms with E-state index in [0.717, 1.165) is 43.0 Å². The van der Waals surface area contributed by atoms with E-state index in [4.69, 9.17) is 4.42 Å². The molecule has 0 aliphatic heterocycles. The fourth-order valence-electron chi connectivity index (χ4n) is 2.49. The first kappa shape index (κ1) is 13.6. The summed E-state index contributed by atoms with van der Waals surface area (Å²) >= 11 is 0. The Morgan fingerprint density at radius 2 is 2.22 bits per heavy atom. The Bertz CT molecular complexity index is 386. The highest BCUT2D eigenvalue weighted by molar-refractivity contribution is 5.20. The molecule has 0 aromatic carbocycles. The molecular weight excluding hydrogens is 224 g/mol. The molecule has 0 amide bonds. The number of furan rings is 1. The van der Waals surface area contributed by atoms with Gasteiger partial charge >= 0.3 is 0 Å². The van der Waals surface area contributed by atoms with Crippen molar-refractivity contribution in [1.29, 1.82) is 0 Å². The van der Waals surface area contributed by atoms with E-state index >= 15 is 0 Å². The van der Waals surface area contributed by atoms with Crippen LogP contribution in [0.15, 0.2) is 10.5 Å². The Morgan fingerprint density at radius 3 is 2.83 bits per heavy atom. The summed E-state index contributed by atoms with van der Waals surface area (Å²) in [4.78, 5) is 2.42. The van der Waals surface area contributed by atoms with Crippen LogP contribution < -0.4 is 5.32 Å². The summed E-state index contributed by atoms with van der Waals surface area (Å²) in [6.45, 7) is 10.6. The molecule has 2 atom stereocenters. The van der Waals surface area contributed by atoms with E-state index in [-0.39, 0.29) is 0 Å². The summed E-state index contributed by atoms with van der Waals surface area (Å²) in [7, 11) is 2.21. The van der Waals surface area contributed by atoms with Crippen molar-refractivity contribution in [2.75, 3.05) is 20.1 Å². The zero-order chi connectivity index (χ0) is 13.1. The summed E-state index contributed by atoms with van der Waals surface area (Å²) in [6, 6.07) is 2.20. The van der Waals surface area contributed by atoms with E-state index in [0.29, 0.717) is 0 Å². The van der Waals surface area contributed by atoms with E-state index in [1.54, 1.807) is 0 Å². The number of hydrogen-bond donors (Lipinski definition) is 1. The van der Waals surface area contributed by atoms with Crippen LogP contribution in [0.5, 0.6) is 0 Å². The van der Waals surface area contributed by atoms with Crippen LogP contribution in [0.1, 0.15) is 37.4 Å². The maximum atomic E-state index is 5.77. The van der Waals surface area contributed by atoms with E-state index in [1.807, 2.05) is 0 Å². The topological polar surface area (TPSA) is 28.4 Å². The molecule has 1 aromatic heterocycles. The molecule has 1 aromatic rings. The van der Waals surface area contributed by atoms with Gasteiger partial charge in [-0.25, -0.2) is 0 Å². The van der Waals surface area contributed by atoms with Gasteiger partial charge in [-0.2, -0.15) is 0 Å². The van der Waals surface area contributed by atoms with Gasteiger partial charge < -0.3 is 14.6 Å². The van der Waals surface area contributed by atoms with Crippen molar-refractivity contribution < 1.29 is 4.42 Å². The Labute approximate surface area is 111 Å². The molecule has 1 aliphatic carbocycles. The van der Waals surface area contributed by atoms with Crippen molar-refractivity contribution >= 4 is 0 Å². The number of rotatable bonds is 7. The Balaban J connectivity index is 1.85. The van der Waals surface area contributed by atoms with Crippen LogP contribution in [-0.4, -0.2) is 25.0 Å². The second-order valence-electron chi connectivity index (χ2n) is 5.74. The molecule has 3 heteroatoms. The number of hydrogen-bond acceptors (Lipinski definition) is 3. The van der Waals surface area contributed by atoms with Crippen LogP contribution >= 0.6 is 0 Å². The lowest BCUT2D eigenvalue weighted by Gasteiger charge is -2.15. The van der Waals surface area contributed by atoms with E-state index < -0.39 is 0 Å². The monoisotopic (exact) mass is 250 g/mol. The van der Waals surface area contributed by atoms with Gasteiger partial charge in [-0.05, 0) is 44.8 Å². The third-order valence-corrected chi connectivity index (χ3v) is 3.88. The van der Waals surface area contributed by atoms with Crippen LogP contribution in [0.25, 0.3) is 0 Å². The van der Waals surface area contributed by atoms with E-state index in [2.05, 4.69) is 44.1 Å². The van der Waals surface area contributed by atoms with Crippen LogP contribution in [0.2, 0.25) is 0 Å². The molecule has 18 heavy (non-hydrogen) atoms. The van der Waals surface area contributed by atoms with E-state index in [1.165, 1.54) is 18.5 Å². The number of nitrogens with one attached hydrogen (secondary N) is 1. The summed E-state index contributed by atoms with van der Waals surface area (Å²) in [5, 5.41) is 3.30. The van der Waals surface area contributed by atoms with E-state index in [9.17, 15) is 0 Å². The van der Waals surface area contributed by atoms with Gasteiger partial charge in [-0.1, -0.05) is 13.8 Å². The minimum atomic E-state index is 0.834. The molecule has 102 valence electrons. The molecule has 0 radical (unpaired) electrons. The highest BCUT2D eigenvalue weighted by Gasteiger charge is 2.33. The molecule has 2 unspecified atom stereocenters. The first-order valence-corrected chi connectivity index (χ1v) is 7.07. The quantitative estimate of drug-likeness (QED) is 0.806. The first-order chi connectivity index (χ1) is 8.60. The average Bonchev–Trinajstić information content (AvgIpc) is 2.88. The molecule has 1 N–H and O–H groups in total. The molecule has 1 fully saturated rings. The summed E-state index contributed by atoms with van der Waals surface area (Å²) in [5.74, 6) is 3.97. The zero-order valence-corrected chi connectivity index (χ0v) is 12.1. The second-order valence-corrected chi connectivity index (χ2v) is 5.74. The van der Waals surface area contributed by atoms with Crippen molar-refractivity contribution in [2.24, 2.45) is 11.8 Å². The lowest BCUT2D eigenvalue weighted by molar-refractivity contribution is 0.305. The molecule has 1 aliphatic rings. The molecule has 0 bridgehead atoms. The highest BCUT2D eigenvalue weighted by Crippen LogP contribution is 2.38. The van der Waals surface area contributed by atoms with Crippen molar-refractivity contribution in [3.05, 3.63) is 23.2 Å². The van der Waals surface area contributed by atoms with Gasteiger partial charge in [0.05, 0.1) is 6.54 Å². The van der Waals surface area contributed by atoms with Gasteiger partial charge in [-0.3, -0.25) is 0 Å². The van der Waals surface area contributed by atoms with Crippen molar-refractivity contribution in [3.8, 4) is 0 Å². The van der Waals surface area contributed by atoms with Gasteiger partial charge in [-0.15, -0.1) is 0 Å². The predicted molar refractivity (Wildman–Crippen MR) is 74.4 cm³/mol. The molecule has 1 saturated carbocycles. The smallest absolute Gasteiger partial charge is 0.118 e. The molecule has 0 spiro atoms. The Morgan fingerprint density at radius 1 is 1.50 bits per heavy atom. The molecule has 2 rings (SSSR count). The van der Waals surface area contributed by atoms with Gasteiger partial charge in [0.1, 0.15) is 11.5 Å². The second kappa shape index (κ2) is 5.89. The number of aryl methyl sites for hydroxylation is 1. The molecule has 1 heterocycles. The largest absolute Gasteiger partial charge is 0.465 e. The Hall–Kier alpha value is -0.800. The lowest BCUT2D eigenvalue weighted by atomic mass is 10.2. The van der Waals surface area contributed by atoms with Crippen LogP contribution in [0.4, 0.5) is 0 Å². The minimum absolute atomic E-state index is 0.834. The third-order valence-electron chi connectivity index (χ3n) is 3.88. The maximum Gasteiger partial charge on any atom is 0.118 e. The van der Waals surface area contributed by atoms with Crippen LogP contribution in [-0.2, 0) is 13.1 Å². The van der Waals surface area contributed by atoms with Gasteiger partial charge in [0.2, 0.25) is 0 Å². The standard InChI is InChI=1S/C15H26N2O/c1-5-16-8-15-7-14(12(3)18-15)10-17(4)9-13-6-11(13)2/h7,11,13,16H,5-6,8-10H2,1-4H3. The predicted octanol–water partition coefficient (Wildman–Crippen LogP) is 2.79. The summed E-state index contributed by atoms with van der Waals surface area (Å²) in [6.07, 6.45) is 1.40. The normalized spacial score (nSPS) is 22.7. The van der Waals surface area contributed by atoms with Crippen molar-refractivity contribution in [1.82, 2.24) is 10.2 Å². The first-order valence-electron chi connectivity index (χ1n) is 7.07. The average molecular weight is 250 g/mol. The molecule has 3 nitrogen and oxygen atoms in total. The molecular formula is C15H26N2O. The fraction of sp³-hybridized carbons (Fsp3) is 0.733. The maximum absolute atomic E-state index is 5.77. The van der Waals surface area contributed by atoms with Crippen molar-refractivity contribution in [2.45, 2.75) is 40.3 Å². The zero-order valence-electron chi connectivity index (χ0n) is 12.1. The highest BCUT2D eigenvalue weighted by atomic mass is 16.3. The van der Waals surface area contributed by atoms with Crippen LogP contribution in [0, 0.1) is 18.8 Å². The minimum Gasteiger partial charge on any atom is -0.465 e. The third kappa shape index (κ3) is 3.59. The number of nitrogens with zero attached hydrogens (tertiary/aromatic N) is 1. The Kier molecular flexibility index (Phi) is 4.46. The SMILES string of the molecule is CCNCc1cc(CN(C)CC2CC2C)c(C)o1. The lowest BCUT2D eigenvalue weighted by Crippen LogP contribution is -2.21. The van der Waals surface area contributed by atoms with Gasteiger partial charge in [0.15, 0.2) is 0 Å². The van der Waals surface area contributed by atoms with Crippen LogP contribution in [0.3, 0.4) is 0 Å². The van der Waals surface area contributed by atoms with Gasteiger partial charge in [0, 0.05) is 18.7 Å². The summed E-state index contributed by atoms with van der Waals surface area (Å²) < 4.78 is 5.77. The summed E-state index contributed by atoms with van der Waals surface area (Å²) in [5.41, 5.74) is 1.33. The van der Waals surface area contributed by atoms with Crippen molar-refractivity contribution in [3.63, 3.8) is 0 Å². The molecule has 0 saturated heterocycles. The fourth-order valence-corrected chi connectivity index (χ4v) is 2.49. The van der Waals surface area contributed by atoms with Gasteiger partial charge in [0.25, 0.3) is 0 Å².